The van der Waals surface area contributed by atoms with Crippen molar-refractivity contribution in [3.8, 4) is 0 Å². The lowest BCUT2D eigenvalue weighted by molar-refractivity contribution is 0.344. The highest BCUT2D eigenvalue weighted by molar-refractivity contribution is 8.03. The summed E-state index contributed by atoms with van der Waals surface area (Å²) in [6.07, 6.45) is 5.29. The molecule has 0 unspecified atom stereocenters. The zero-order valence-electron chi connectivity index (χ0n) is 8.88. The SMILES string of the molecule is C1CC2(CCS1)NNC1(CCSCC1)S2. The maximum absolute atomic E-state index is 3.62. The number of thioether (sulfide) groups is 3. The van der Waals surface area contributed by atoms with Crippen molar-refractivity contribution in [2.24, 2.45) is 0 Å². The number of rotatable bonds is 0. The van der Waals surface area contributed by atoms with Gasteiger partial charge in [-0.05, 0) is 48.7 Å². The first-order valence-electron chi connectivity index (χ1n) is 5.73. The third kappa shape index (κ3) is 2.18. The molecule has 86 valence electrons. The molecular weight excluding hydrogens is 244 g/mol. The summed E-state index contributed by atoms with van der Waals surface area (Å²) in [6, 6.07) is 0. The Morgan fingerprint density at radius 2 is 1.07 bits per heavy atom. The highest BCUT2D eigenvalue weighted by atomic mass is 32.2. The standard InChI is InChI=1S/C10H18N2S3/c1-5-13-6-2-9(1)11-12-10(15-9)3-7-14-8-4-10/h11-12H,1-8H2. The molecule has 2 nitrogen and oxygen atoms in total. The molecule has 0 amide bonds. The first-order chi connectivity index (χ1) is 7.33. The third-order valence-corrected chi connectivity index (χ3v) is 7.28. The van der Waals surface area contributed by atoms with E-state index in [4.69, 9.17) is 0 Å². The Balaban J connectivity index is 1.70. The lowest BCUT2D eigenvalue weighted by Gasteiger charge is -2.35. The first-order valence-corrected chi connectivity index (χ1v) is 8.85. The Kier molecular flexibility index (Phi) is 3.20. The van der Waals surface area contributed by atoms with Gasteiger partial charge in [0.15, 0.2) is 0 Å². The van der Waals surface area contributed by atoms with Gasteiger partial charge >= 0.3 is 0 Å². The predicted molar refractivity (Wildman–Crippen MR) is 72.4 cm³/mol. The fourth-order valence-corrected chi connectivity index (χ4v) is 7.17. The Morgan fingerprint density at radius 3 is 1.47 bits per heavy atom. The number of hydrogen-bond acceptors (Lipinski definition) is 5. The summed E-state index contributed by atoms with van der Waals surface area (Å²) < 4.78 is 0. The van der Waals surface area contributed by atoms with E-state index >= 15 is 0 Å². The fraction of sp³-hybridized carbons (Fsp3) is 1.00. The molecule has 0 bridgehead atoms. The van der Waals surface area contributed by atoms with Crippen molar-refractivity contribution in [1.82, 2.24) is 10.9 Å². The van der Waals surface area contributed by atoms with Crippen LogP contribution in [0, 0.1) is 0 Å². The minimum atomic E-state index is 0.368. The van der Waals surface area contributed by atoms with E-state index in [-0.39, 0.29) is 0 Å². The molecule has 0 saturated carbocycles. The number of hydrogen-bond donors (Lipinski definition) is 2. The van der Waals surface area contributed by atoms with Crippen molar-refractivity contribution in [3.05, 3.63) is 0 Å². The Bertz CT molecular complexity index is 211. The topological polar surface area (TPSA) is 24.1 Å². The zero-order chi connectivity index (χ0) is 10.2. The maximum atomic E-state index is 3.62. The van der Waals surface area contributed by atoms with Crippen LogP contribution in [0.1, 0.15) is 25.7 Å². The monoisotopic (exact) mass is 262 g/mol. The van der Waals surface area contributed by atoms with E-state index in [1.54, 1.807) is 0 Å². The highest BCUT2D eigenvalue weighted by Gasteiger charge is 2.49. The van der Waals surface area contributed by atoms with Crippen molar-refractivity contribution in [1.29, 1.82) is 0 Å². The van der Waals surface area contributed by atoms with Gasteiger partial charge in [-0.3, -0.25) is 0 Å². The van der Waals surface area contributed by atoms with Gasteiger partial charge in [-0.15, -0.1) is 11.8 Å². The van der Waals surface area contributed by atoms with Gasteiger partial charge in [-0.1, -0.05) is 0 Å². The molecule has 3 heterocycles. The van der Waals surface area contributed by atoms with Crippen molar-refractivity contribution < 1.29 is 0 Å². The molecule has 0 radical (unpaired) electrons. The van der Waals surface area contributed by atoms with E-state index in [9.17, 15) is 0 Å². The largest absolute Gasteiger partial charge is 0.240 e. The van der Waals surface area contributed by atoms with E-state index in [0.29, 0.717) is 9.74 Å². The third-order valence-electron chi connectivity index (χ3n) is 3.51. The van der Waals surface area contributed by atoms with Gasteiger partial charge in [0.25, 0.3) is 0 Å². The van der Waals surface area contributed by atoms with Crippen molar-refractivity contribution in [3.63, 3.8) is 0 Å². The summed E-state index contributed by atoms with van der Waals surface area (Å²) in [4.78, 5) is 0.737. The lowest BCUT2D eigenvalue weighted by atomic mass is 10.1. The van der Waals surface area contributed by atoms with Crippen LogP contribution in [-0.2, 0) is 0 Å². The molecule has 5 heteroatoms. The maximum Gasteiger partial charge on any atom is 0.0808 e. The van der Waals surface area contributed by atoms with Gasteiger partial charge in [0, 0.05) is 0 Å². The van der Waals surface area contributed by atoms with Gasteiger partial charge in [0.2, 0.25) is 0 Å². The fourth-order valence-electron chi connectivity index (χ4n) is 2.51. The molecule has 0 atom stereocenters. The normalized spacial score (nSPS) is 33.6. The molecule has 3 saturated heterocycles. The molecule has 3 aliphatic rings. The number of hydrazine groups is 1. The summed E-state index contributed by atoms with van der Waals surface area (Å²) >= 11 is 6.42. The second-order valence-corrected chi connectivity index (χ2v) is 8.78. The zero-order valence-corrected chi connectivity index (χ0v) is 11.3. The number of nitrogens with one attached hydrogen (secondary N) is 2. The molecule has 0 aliphatic carbocycles. The molecule has 3 aliphatic heterocycles. The molecule has 2 spiro atoms. The van der Waals surface area contributed by atoms with Crippen molar-refractivity contribution in [2.45, 2.75) is 35.4 Å². The van der Waals surface area contributed by atoms with Crippen molar-refractivity contribution >= 4 is 35.3 Å². The molecule has 3 rings (SSSR count). The van der Waals surface area contributed by atoms with Crippen LogP contribution >= 0.6 is 35.3 Å². The second-order valence-electron chi connectivity index (χ2n) is 4.57. The smallest absolute Gasteiger partial charge is 0.0808 e. The van der Waals surface area contributed by atoms with Crippen LogP contribution in [0.2, 0.25) is 0 Å². The molecule has 3 fully saturated rings. The van der Waals surface area contributed by atoms with E-state index in [1.807, 2.05) is 0 Å². The minimum Gasteiger partial charge on any atom is -0.240 e. The van der Waals surface area contributed by atoms with Gasteiger partial charge in [0.1, 0.15) is 0 Å². The van der Waals surface area contributed by atoms with Gasteiger partial charge < -0.3 is 0 Å². The lowest BCUT2D eigenvalue weighted by Crippen LogP contribution is -2.48. The van der Waals surface area contributed by atoms with Crippen LogP contribution in [-0.4, -0.2) is 32.8 Å². The molecule has 0 aromatic carbocycles. The van der Waals surface area contributed by atoms with Crippen LogP contribution in [0.15, 0.2) is 0 Å². The van der Waals surface area contributed by atoms with Crippen LogP contribution in [0.4, 0.5) is 0 Å². The van der Waals surface area contributed by atoms with Crippen molar-refractivity contribution in [2.75, 3.05) is 23.0 Å². The first kappa shape index (κ1) is 11.1. The molecule has 15 heavy (non-hydrogen) atoms. The average molecular weight is 262 g/mol. The summed E-state index contributed by atoms with van der Waals surface area (Å²) in [5, 5.41) is 0. The van der Waals surface area contributed by atoms with E-state index < -0.39 is 0 Å². The van der Waals surface area contributed by atoms with Crippen LogP contribution < -0.4 is 10.9 Å². The van der Waals surface area contributed by atoms with Crippen LogP contribution in [0.3, 0.4) is 0 Å². The van der Waals surface area contributed by atoms with Gasteiger partial charge in [-0.2, -0.15) is 23.5 Å². The van der Waals surface area contributed by atoms with Crippen LogP contribution in [0.5, 0.6) is 0 Å². The molecule has 0 aromatic heterocycles. The summed E-state index contributed by atoms with van der Waals surface area (Å²) in [5.74, 6) is 5.30. The summed E-state index contributed by atoms with van der Waals surface area (Å²) in [6.45, 7) is 0. The minimum absolute atomic E-state index is 0.368. The molecule has 2 N–H and O–H groups in total. The Morgan fingerprint density at radius 1 is 0.667 bits per heavy atom. The van der Waals surface area contributed by atoms with E-state index in [1.165, 1.54) is 48.7 Å². The van der Waals surface area contributed by atoms with E-state index in [2.05, 4.69) is 46.1 Å². The van der Waals surface area contributed by atoms with E-state index in [0.717, 1.165) is 0 Å². The highest BCUT2D eigenvalue weighted by Crippen LogP contribution is 2.50. The average Bonchev–Trinajstić information content (AvgIpc) is 2.60. The Hall–Kier alpha value is 0.970. The quantitative estimate of drug-likeness (QED) is 0.697. The summed E-state index contributed by atoms with van der Waals surface area (Å²) in [7, 11) is 0. The molecular formula is C10H18N2S3. The second kappa shape index (κ2) is 4.33. The van der Waals surface area contributed by atoms with Gasteiger partial charge in [0.05, 0.1) is 9.74 Å². The van der Waals surface area contributed by atoms with Gasteiger partial charge in [-0.25, -0.2) is 10.9 Å². The van der Waals surface area contributed by atoms with Crippen LogP contribution in [0.25, 0.3) is 0 Å². The summed E-state index contributed by atoms with van der Waals surface area (Å²) in [5.41, 5.74) is 7.25. The Labute approximate surface area is 104 Å². The predicted octanol–water partition coefficient (Wildman–Crippen LogP) is 2.27. The molecule has 0 aromatic rings.